The van der Waals surface area contributed by atoms with Gasteiger partial charge < -0.3 is 10.2 Å². The number of benzene rings is 3. The van der Waals surface area contributed by atoms with Crippen molar-refractivity contribution in [2.45, 2.75) is 24.4 Å². The maximum atomic E-state index is 13.7. The average molecular weight is 569 g/mol. The lowest BCUT2D eigenvalue weighted by Crippen LogP contribution is -2.50. The zero-order chi connectivity index (χ0) is 26.5. The number of carbonyl (C=O) groups is 2. The molecule has 2 amide bonds. The molecule has 0 aliphatic carbocycles. The van der Waals surface area contributed by atoms with Gasteiger partial charge in [0.1, 0.15) is 12.6 Å². The van der Waals surface area contributed by atoms with Crippen molar-refractivity contribution in [1.29, 1.82) is 0 Å². The topological polar surface area (TPSA) is 86.8 Å². The number of nitrogens with zero attached hydrogens (tertiary/aromatic N) is 2. The number of anilines is 1. The fourth-order valence-electron chi connectivity index (χ4n) is 3.51. The number of nitrogens with one attached hydrogen (secondary N) is 1. The largest absolute Gasteiger partial charge is 0.357 e. The van der Waals surface area contributed by atoms with Crippen molar-refractivity contribution in [2.24, 2.45) is 0 Å². The van der Waals surface area contributed by atoms with E-state index in [1.807, 2.05) is 0 Å². The number of hydrogen-bond acceptors (Lipinski definition) is 4. The van der Waals surface area contributed by atoms with Crippen molar-refractivity contribution in [3.05, 3.63) is 93.4 Å². The summed E-state index contributed by atoms with van der Waals surface area (Å²) in [6.45, 7) is 1.03. The highest BCUT2D eigenvalue weighted by Crippen LogP contribution is 2.30. The summed E-state index contributed by atoms with van der Waals surface area (Å²) in [4.78, 5) is 27.4. The Bertz CT molecular complexity index is 1320. The molecular weight excluding hydrogens is 545 g/mol. The monoisotopic (exact) mass is 567 g/mol. The summed E-state index contributed by atoms with van der Waals surface area (Å²) in [5.74, 6) is -1.00. The van der Waals surface area contributed by atoms with Gasteiger partial charge in [0.25, 0.3) is 10.0 Å². The lowest BCUT2D eigenvalue weighted by molar-refractivity contribution is -0.139. The number of sulfonamides is 1. The predicted molar refractivity (Wildman–Crippen MR) is 143 cm³/mol. The van der Waals surface area contributed by atoms with Crippen molar-refractivity contribution in [2.75, 3.05) is 17.9 Å². The van der Waals surface area contributed by atoms with Gasteiger partial charge in [-0.1, -0.05) is 65.1 Å². The van der Waals surface area contributed by atoms with Crippen LogP contribution in [0.1, 0.15) is 12.5 Å². The van der Waals surface area contributed by atoms with Crippen LogP contribution in [-0.4, -0.2) is 44.8 Å². The van der Waals surface area contributed by atoms with Crippen LogP contribution in [0.25, 0.3) is 0 Å². The second kappa shape index (κ2) is 12.0. The molecule has 11 heteroatoms. The van der Waals surface area contributed by atoms with E-state index in [9.17, 15) is 18.0 Å². The Morgan fingerprint density at radius 2 is 1.47 bits per heavy atom. The van der Waals surface area contributed by atoms with Crippen LogP contribution in [0.2, 0.25) is 15.1 Å². The summed E-state index contributed by atoms with van der Waals surface area (Å²) < 4.78 is 28.2. The standard InChI is InChI=1S/C25H24Cl3N3O4S/c1-17(25(33)29-2)30(15-18-8-10-19(26)11-9-18)24(32)16-31(22-13-20(27)12-21(28)14-22)36(34,35)23-6-4-3-5-7-23/h3-14,17H,15-16H2,1-2H3,(H,29,33)/t17-/m0/s1. The third kappa shape index (κ3) is 6.70. The van der Waals surface area contributed by atoms with Gasteiger partial charge in [-0.05, 0) is 55.0 Å². The Kier molecular flexibility index (Phi) is 9.24. The molecule has 36 heavy (non-hydrogen) atoms. The molecule has 0 saturated heterocycles. The number of rotatable bonds is 9. The Hall–Kier alpha value is -2.78. The van der Waals surface area contributed by atoms with Crippen LogP contribution in [0.3, 0.4) is 0 Å². The van der Waals surface area contributed by atoms with Crippen LogP contribution in [0.5, 0.6) is 0 Å². The first-order valence-corrected chi connectivity index (χ1v) is 13.4. The minimum absolute atomic E-state index is 0.0162. The molecule has 0 aliphatic rings. The summed E-state index contributed by atoms with van der Waals surface area (Å²) in [6, 6.07) is 17.9. The van der Waals surface area contributed by atoms with Gasteiger partial charge in [0.2, 0.25) is 11.8 Å². The van der Waals surface area contributed by atoms with Gasteiger partial charge >= 0.3 is 0 Å². The molecule has 0 saturated carbocycles. The molecule has 190 valence electrons. The first kappa shape index (κ1) is 27.8. The molecule has 1 atom stereocenters. The Morgan fingerprint density at radius 1 is 0.889 bits per heavy atom. The minimum Gasteiger partial charge on any atom is -0.357 e. The van der Waals surface area contributed by atoms with Gasteiger partial charge in [0, 0.05) is 28.7 Å². The van der Waals surface area contributed by atoms with E-state index in [1.54, 1.807) is 49.4 Å². The summed E-state index contributed by atoms with van der Waals surface area (Å²) in [5, 5.41) is 3.46. The molecule has 3 rings (SSSR count). The molecule has 0 spiro atoms. The van der Waals surface area contributed by atoms with Crippen molar-refractivity contribution in [3.8, 4) is 0 Å². The Morgan fingerprint density at radius 3 is 2.03 bits per heavy atom. The van der Waals surface area contributed by atoms with Crippen LogP contribution < -0.4 is 9.62 Å². The van der Waals surface area contributed by atoms with E-state index in [0.717, 1.165) is 4.31 Å². The summed E-state index contributed by atoms with van der Waals surface area (Å²) in [7, 11) is -2.73. The van der Waals surface area contributed by atoms with Gasteiger partial charge in [-0.2, -0.15) is 0 Å². The Labute approximate surface area is 225 Å². The molecular formula is C25H24Cl3N3O4S. The lowest BCUT2D eigenvalue weighted by Gasteiger charge is -2.32. The highest BCUT2D eigenvalue weighted by Gasteiger charge is 2.32. The predicted octanol–water partition coefficient (Wildman–Crippen LogP) is 5.01. The molecule has 0 radical (unpaired) electrons. The van der Waals surface area contributed by atoms with E-state index < -0.39 is 34.4 Å². The maximum absolute atomic E-state index is 13.7. The molecule has 7 nitrogen and oxygen atoms in total. The minimum atomic E-state index is -4.20. The quantitative estimate of drug-likeness (QED) is 0.393. The smallest absolute Gasteiger partial charge is 0.264 e. The van der Waals surface area contributed by atoms with Crippen LogP contribution >= 0.6 is 34.8 Å². The second-order valence-corrected chi connectivity index (χ2v) is 11.1. The number of carbonyl (C=O) groups excluding carboxylic acids is 2. The third-order valence-corrected chi connectivity index (χ3v) is 7.90. The molecule has 3 aromatic carbocycles. The second-order valence-electron chi connectivity index (χ2n) is 7.89. The molecule has 0 bridgehead atoms. The maximum Gasteiger partial charge on any atom is 0.264 e. The van der Waals surface area contributed by atoms with Crippen LogP contribution in [-0.2, 0) is 26.2 Å². The molecule has 0 aromatic heterocycles. The van der Waals surface area contributed by atoms with Gasteiger partial charge in [0.15, 0.2) is 0 Å². The summed E-state index contributed by atoms with van der Waals surface area (Å²) in [6.07, 6.45) is 0. The van der Waals surface area contributed by atoms with E-state index in [-0.39, 0.29) is 27.2 Å². The first-order chi connectivity index (χ1) is 17.0. The van der Waals surface area contributed by atoms with E-state index >= 15 is 0 Å². The highest BCUT2D eigenvalue weighted by atomic mass is 35.5. The number of hydrogen-bond donors (Lipinski definition) is 1. The summed E-state index contributed by atoms with van der Waals surface area (Å²) >= 11 is 18.3. The number of halogens is 3. The fraction of sp³-hybridized carbons (Fsp3) is 0.200. The molecule has 1 N–H and O–H groups in total. The van der Waals surface area contributed by atoms with Gasteiger partial charge in [-0.25, -0.2) is 8.42 Å². The van der Waals surface area contributed by atoms with Crippen LogP contribution in [0, 0.1) is 0 Å². The number of likely N-dealkylation sites (N-methyl/N-ethyl adjacent to an activating group) is 1. The molecule has 0 fully saturated rings. The normalized spacial score (nSPS) is 12.0. The van der Waals surface area contributed by atoms with Gasteiger partial charge in [0.05, 0.1) is 10.6 Å². The number of amides is 2. The van der Waals surface area contributed by atoms with Crippen molar-refractivity contribution in [3.63, 3.8) is 0 Å². The zero-order valence-corrected chi connectivity index (χ0v) is 22.6. The lowest BCUT2D eigenvalue weighted by atomic mass is 10.1. The third-order valence-electron chi connectivity index (χ3n) is 5.43. The van der Waals surface area contributed by atoms with Crippen molar-refractivity contribution in [1.82, 2.24) is 10.2 Å². The van der Waals surface area contributed by atoms with E-state index in [4.69, 9.17) is 34.8 Å². The van der Waals surface area contributed by atoms with Crippen molar-refractivity contribution < 1.29 is 18.0 Å². The van der Waals surface area contributed by atoms with E-state index in [2.05, 4.69) is 5.32 Å². The average Bonchev–Trinajstić information content (AvgIpc) is 2.85. The van der Waals surface area contributed by atoms with E-state index in [0.29, 0.717) is 10.6 Å². The fourth-order valence-corrected chi connectivity index (χ4v) is 5.57. The molecule has 0 unspecified atom stereocenters. The molecule has 0 heterocycles. The molecule has 0 aliphatic heterocycles. The summed E-state index contributed by atoms with van der Waals surface area (Å²) in [5.41, 5.74) is 0.829. The van der Waals surface area contributed by atoms with Gasteiger partial charge in [-0.15, -0.1) is 0 Å². The van der Waals surface area contributed by atoms with E-state index in [1.165, 1.54) is 42.3 Å². The SMILES string of the molecule is CNC(=O)[C@H](C)N(Cc1ccc(Cl)cc1)C(=O)CN(c1cc(Cl)cc(Cl)c1)S(=O)(=O)c1ccccc1. The van der Waals surface area contributed by atoms with Crippen LogP contribution in [0.15, 0.2) is 77.7 Å². The van der Waals surface area contributed by atoms with Crippen molar-refractivity contribution >= 4 is 62.3 Å². The van der Waals surface area contributed by atoms with Gasteiger partial charge in [-0.3, -0.25) is 13.9 Å². The highest BCUT2D eigenvalue weighted by molar-refractivity contribution is 7.92. The zero-order valence-electron chi connectivity index (χ0n) is 19.5. The first-order valence-electron chi connectivity index (χ1n) is 10.8. The van der Waals surface area contributed by atoms with Crippen LogP contribution in [0.4, 0.5) is 5.69 Å². The molecule has 3 aromatic rings. The Balaban J connectivity index is 2.05.